The molecular formula is C30H28N4. The first-order valence-corrected chi connectivity index (χ1v) is 11.5. The topological polar surface area (TPSA) is 35.6 Å². The van der Waals surface area contributed by atoms with Crippen LogP contribution in [0, 0.1) is 27.7 Å². The molecule has 5 rings (SSSR count). The first-order chi connectivity index (χ1) is 16.5. The summed E-state index contributed by atoms with van der Waals surface area (Å²) < 4.78 is 4.42. The molecule has 34 heavy (non-hydrogen) atoms. The number of aromatic nitrogens is 4. The van der Waals surface area contributed by atoms with Gasteiger partial charge < -0.3 is 9.13 Å². The number of nitrogens with zero attached hydrogens (tertiary/aromatic N) is 4. The van der Waals surface area contributed by atoms with Crippen LogP contribution in [0.2, 0.25) is 0 Å². The summed E-state index contributed by atoms with van der Waals surface area (Å²) >= 11 is 0. The van der Waals surface area contributed by atoms with Crippen molar-refractivity contribution >= 4 is 11.6 Å². The predicted molar refractivity (Wildman–Crippen MR) is 139 cm³/mol. The Bertz CT molecular complexity index is 1370. The lowest BCUT2D eigenvalue weighted by molar-refractivity contribution is 0.872. The summed E-state index contributed by atoms with van der Waals surface area (Å²) in [5.41, 5.74) is 8.80. The highest BCUT2D eigenvalue weighted by Crippen LogP contribution is 2.29. The lowest BCUT2D eigenvalue weighted by Gasteiger charge is -2.17. The van der Waals surface area contributed by atoms with E-state index in [0.29, 0.717) is 0 Å². The van der Waals surface area contributed by atoms with Gasteiger partial charge in [-0.15, -0.1) is 0 Å². The Balaban J connectivity index is 1.80. The highest BCUT2D eigenvalue weighted by molar-refractivity contribution is 5.90. The fraction of sp³-hybridized carbons (Fsp3) is 0.133. The van der Waals surface area contributed by atoms with E-state index in [1.54, 1.807) is 0 Å². The van der Waals surface area contributed by atoms with E-state index in [4.69, 9.17) is 9.97 Å². The maximum Gasteiger partial charge on any atom is 0.140 e. The molecule has 168 valence electrons. The van der Waals surface area contributed by atoms with Gasteiger partial charge in [-0.05, 0) is 93.4 Å². The number of benzene rings is 1. The van der Waals surface area contributed by atoms with Gasteiger partial charge in [0.1, 0.15) is 11.6 Å². The molecule has 0 aliphatic heterocycles. The van der Waals surface area contributed by atoms with E-state index in [9.17, 15) is 0 Å². The minimum atomic E-state index is 0.898. The molecule has 0 N–H and O–H groups in total. The van der Waals surface area contributed by atoms with Crippen molar-refractivity contribution in [2.45, 2.75) is 27.7 Å². The van der Waals surface area contributed by atoms with Gasteiger partial charge in [0.25, 0.3) is 0 Å². The lowest BCUT2D eigenvalue weighted by atomic mass is 9.99. The average molecular weight is 445 g/mol. The smallest absolute Gasteiger partial charge is 0.140 e. The van der Waals surface area contributed by atoms with Crippen molar-refractivity contribution < 1.29 is 0 Å². The second-order valence-corrected chi connectivity index (χ2v) is 8.66. The van der Waals surface area contributed by atoms with Crippen LogP contribution in [-0.2, 0) is 0 Å². The van der Waals surface area contributed by atoms with E-state index in [2.05, 4.69) is 110 Å². The van der Waals surface area contributed by atoms with E-state index >= 15 is 0 Å². The number of rotatable bonds is 5. The van der Waals surface area contributed by atoms with Crippen LogP contribution < -0.4 is 0 Å². The van der Waals surface area contributed by atoms with Crippen LogP contribution in [0.4, 0.5) is 0 Å². The van der Waals surface area contributed by atoms with Crippen LogP contribution in [0.5, 0.6) is 0 Å². The third-order valence-corrected chi connectivity index (χ3v) is 6.16. The van der Waals surface area contributed by atoms with Gasteiger partial charge in [0, 0.05) is 34.5 Å². The number of hydrogen-bond acceptors (Lipinski definition) is 2. The summed E-state index contributed by atoms with van der Waals surface area (Å²) in [6.07, 6.45) is 4.05. The highest BCUT2D eigenvalue weighted by Gasteiger charge is 2.16. The molecule has 0 saturated heterocycles. The molecule has 0 aliphatic rings. The average Bonchev–Trinajstić information content (AvgIpc) is 3.38. The molecule has 0 spiro atoms. The molecule has 0 aliphatic carbocycles. The van der Waals surface area contributed by atoms with E-state index in [-0.39, 0.29) is 0 Å². The van der Waals surface area contributed by atoms with Gasteiger partial charge in [0.05, 0.1) is 5.69 Å². The summed E-state index contributed by atoms with van der Waals surface area (Å²) in [6, 6.07) is 29.3. The van der Waals surface area contributed by atoms with Gasteiger partial charge in [0.15, 0.2) is 0 Å². The molecule has 5 aromatic rings. The minimum Gasteiger partial charge on any atom is -0.303 e. The molecule has 0 atom stereocenters. The maximum absolute atomic E-state index is 5.12. The Hall–Kier alpha value is -4.18. The van der Waals surface area contributed by atoms with Crippen molar-refractivity contribution in [3.63, 3.8) is 0 Å². The van der Waals surface area contributed by atoms with Crippen molar-refractivity contribution in [2.75, 3.05) is 0 Å². The number of aryl methyl sites for hydroxylation is 4. The molecule has 4 heteroatoms. The quantitative estimate of drug-likeness (QED) is 0.296. The highest BCUT2D eigenvalue weighted by atomic mass is 15.1. The third-order valence-electron chi connectivity index (χ3n) is 6.16. The summed E-state index contributed by atoms with van der Waals surface area (Å²) in [7, 11) is 0. The zero-order chi connectivity index (χ0) is 23.7. The Morgan fingerprint density at radius 3 is 1.68 bits per heavy atom. The number of pyridine rings is 2. The van der Waals surface area contributed by atoms with Crippen LogP contribution in [0.15, 0.2) is 91.1 Å². The Morgan fingerprint density at radius 2 is 1.18 bits per heavy atom. The Morgan fingerprint density at radius 1 is 0.647 bits per heavy atom. The van der Waals surface area contributed by atoms with Gasteiger partial charge in [0.2, 0.25) is 0 Å². The SMILES string of the molecule is Cc1ccc(C)n1-c1cc(/C(=C/c2ccccc2)c2ccccn2)cc(-n2c(C)ccc2C)n1. The zero-order valence-electron chi connectivity index (χ0n) is 20.0. The van der Waals surface area contributed by atoms with E-state index in [1.807, 2.05) is 24.4 Å². The maximum atomic E-state index is 5.12. The summed E-state index contributed by atoms with van der Waals surface area (Å²) in [6.45, 7) is 8.47. The molecule has 0 saturated carbocycles. The molecule has 4 nitrogen and oxygen atoms in total. The molecule has 0 unspecified atom stereocenters. The minimum absolute atomic E-state index is 0.898. The van der Waals surface area contributed by atoms with Crippen molar-refractivity contribution in [1.82, 2.24) is 19.1 Å². The fourth-order valence-electron chi connectivity index (χ4n) is 4.49. The van der Waals surface area contributed by atoms with Crippen LogP contribution in [-0.4, -0.2) is 19.1 Å². The molecule has 0 amide bonds. The van der Waals surface area contributed by atoms with Crippen molar-refractivity contribution in [3.8, 4) is 11.6 Å². The molecule has 4 heterocycles. The van der Waals surface area contributed by atoms with Gasteiger partial charge >= 0.3 is 0 Å². The van der Waals surface area contributed by atoms with E-state index in [1.165, 1.54) is 0 Å². The first kappa shape index (κ1) is 21.7. The van der Waals surface area contributed by atoms with Crippen LogP contribution >= 0.6 is 0 Å². The number of hydrogen-bond donors (Lipinski definition) is 0. The monoisotopic (exact) mass is 444 g/mol. The molecule has 0 fully saturated rings. The Kier molecular flexibility index (Phi) is 5.72. The van der Waals surface area contributed by atoms with E-state index < -0.39 is 0 Å². The molecule has 0 radical (unpaired) electrons. The predicted octanol–water partition coefficient (Wildman–Crippen LogP) is 6.88. The third kappa shape index (κ3) is 4.11. The summed E-state index contributed by atoms with van der Waals surface area (Å²) in [5, 5.41) is 0. The van der Waals surface area contributed by atoms with Gasteiger partial charge in [-0.1, -0.05) is 36.4 Å². The van der Waals surface area contributed by atoms with Crippen LogP contribution in [0.3, 0.4) is 0 Å². The fourth-order valence-corrected chi connectivity index (χ4v) is 4.49. The van der Waals surface area contributed by atoms with Crippen molar-refractivity contribution in [3.05, 3.63) is 131 Å². The Labute approximate surface area is 200 Å². The molecule has 1 aromatic carbocycles. The van der Waals surface area contributed by atoms with Crippen LogP contribution in [0.25, 0.3) is 23.3 Å². The van der Waals surface area contributed by atoms with Crippen molar-refractivity contribution in [2.24, 2.45) is 0 Å². The summed E-state index contributed by atoms with van der Waals surface area (Å²) in [5.74, 6) is 1.80. The van der Waals surface area contributed by atoms with Crippen molar-refractivity contribution in [1.29, 1.82) is 0 Å². The zero-order valence-corrected chi connectivity index (χ0v) is 20.0. The largest absolute Gasteiger partial charge is 0.303 e. The van der Waals surface area contributed by atoms with Gasteiger partial charge in [-0.25, -0.2) is 4.98 Å². The van der Waals surface area contributed by atoms with Crippen LogP contribution in [0.1, 0.15) is 39.6 Å². The first-order valence-electron chi connectivity index (χ1n) is 11.5. The lowest BCUT2D eigenvalue weighted by Crippen LogP contribution is -2.09. The van der Waals surface area contributed by atoms with Gasteiger partial charge in [-0.2, -0.15) is 0 Å². The second-order valence-electron chi connectivity index (χ2n) is 8.66. The molecule has 4 aromatic heterocycles. The van der Waals surface area contributed by atoms with Gasteiger partial charge in [-0.3, -0.25) is 4.98 Å². The normalized spacial score (nSPS) is 11.7. The second kappa shape index (κ2) is 8.99. The molecule has 0 bridgehead atoms. The summed E-state index contributed by atoms with van der Waals surface area (Å²) in [4.78, 5) is 9.83. The molecular weight excluding hydrogens is 416 g/mol. The standard InChI is InChI=1S/C30H28N4/c1-21-13-14-22(2)33(21)29-19-26(20-30(32-29)34-23(3)15-16-24(34)4)27(28-12-8-9-17-31-28)18-25-10-6-5-7-11-25/h5-20H,1-4H3/b27-18-. The van der Waals surface area contributed by atoms with E-state index in [0.717, 1.165) is 56.8 Å².